The van der Waals surface area contributed by atoms with Crippen LogP contribution < -0.4 is 5.43 Å². The van der Waals surface area contributed by atoms with Gasteiger partial charge in [0.2, 0.25) is 0 Å². The van der Waals surface area contributed by atoms with Gasteiger partial charge in [-0.1, -0.05) is 36.4 Å². The van der Waals surface area contributed by atoms with Crippen LogP contribution in [-0.2, 0) is 13.1 Å². The molecule has 0 amide bonds. The summed E-state index contributed by atoms with van der Waals surface area (Å²) in [5.74, 6) is 0. The van der Waals surface area contributed by atoms with Crippen molar-refractivity contribution in [2.75, 3.05) is 13.1 Å². The van der Waals surface area contributed by atoms with Crippen molar-refractivity contribution in [2.24, 2.45) is 5.10 Å². The molecule has 0 saturated carbocycles. The second kappa shape index (κ2) is 13.1. The first-order valence-electron chi connectivity index (χ1n) is 7.58. The maximum absolute atomic E-state index is 5.38. The number of halogens is 2. The van der Waals surface area contributed by atoms with Gasteiger partial charge in [0.1, 0.15) is 5.71 Å². The molecule has 4 nitrogen and oxygen atoms in total. The molecule has 0 aliphatic rings. The SMILES string of the molecule is CCN(CC)C(=S)NN=C(c1ccccc1)c1ccccn1.[Cl][Cu][Cl]. The molecule has 0 aliphatic carbocycles. The van der Waals surface area contributed by atoms with Gasteiger partial charge in [0.25, 0.3) is 0 Å². The zero-order valence-corrected chi connectivity index (χ0v) is 17.2. The van der Waals surface area contributed by atoms with Crippen molar-refractivity contribution in [3.63, 3.8) is 0 Å². The van der Waals surface area contributed by atoms with Crippen molar-refractivity contribution in [1.82, 2.24) is 15.3 Å². The molecule has 139 valence electrons. The average Bonchev–Trinajstić information content (AvgIpc) is 2.65. The summed E-state index contributed by atoms with van der Waals surface area (Å²) in [6.07, 6.45) is 1.76. The Morgan fingerprint density at radius 2 is 1.72 bits per heavy atom. The fourth-order valence-corrected chi connectivity index (χ4v) is 2.36. The third kappa shape index (κ3) is 7.72. The van der Waals surface area contributed by atoms with Crippen LogP contribution in [0.5, 0.6) is 0 Å². The third-order valence-corrected chi connectivity index (χ3v) is 3.62. The van der Waals surface area contributed by atoms with E-state index in [1.807, 2.05) is 53.4 Å². The van der Waals surface area contributed by atoms with Crippen LogP contribution in [0.15, 0.2) is 59.8 Å². The first-order valence-corrected chi connectivity index (χ1v) is 10.6. The van der Waals surface area contributed by atoms with Crippen molar-refractivity contribution in [2.45, 2.75) is 13.8 Å². The van der Waals surface area contributed by atoms with E-state index in [-0.39, 0.29) is 0 Å². The van der Waals surface area contributed by atoms with Gasteiger partial charge in [-0.3, -0.25) is 10.4 Å². The topological polar surface area (TPSA) is 40.5 Å². The van der Waals surface area contributed by atoms with E-state index >= 15 is 0 Å². The quantitative estimate of drug-likeness (QED) is 0.319. The van der Waals surface area contributed by atoms with Crippen LogP contribution in [0.1, 0.15) is 25.1 Å². The van der Waals surface area contributed by atoms with Crippen LogP contribution >= 0.6 is 32.4 Å². The number of rotatable bonds is 5. The molecule has 0 bridgehead atoms. The molecule has 2 rings (SSSR count). The Balaban J connectivity index is 0.000000970. The standard InChI is InChI=1S/C17H20N4S.2ClH.Cu/c1-3-21(4-2)17(22)20-19-16(14-10-6-5-7-11-14)15-12-8-9-13-18-15;;;/h5-13H,3-4H2,1-2H3,(H,20,22);2*1H;/q;;;+2/p-2. The Bertz CT molecular complexity index is 611. The molecule has 0 atom stereocenters. The van der Waals surface area contributed by atoms with Crippen LogP contribution in [0, 0.1) is 0 Å². The Labute approximate surface area is 169 Å². The van der Waals surface area contributed by atoms with Gasteiger partial charge in [-0.15, -0.1) is 0 Å². The molecule has 1 aromatic heterocycles. The van der Waals surface area contributed by atoms with Gasteiger partial charge in [-0.05, 0) is 38.2 Å². The zero-order chi connectivity index (χ0) is 18.5. The number of thiocarbonyl (C=S) groups is 1. The molecule has 8 heteroatoms. The van der Waals surface area contributed by atoms with Crippen LogP contribution in [0.25, 0.3) is 0 Å². The third-order valence-electron chi connectivity index (χ3n) is 3.27. The number of hydrogen-bond donors (Lipinski definition) is 1. The maximum atomic E-state index is 5.38. The summed E-state index contributed by atoms with van der Waals surface area (Å²) in [5, 5.41) is 5.12. The molecule has 0 saturated heterocycles. The van der Waals surface area contributed by atoms with Gasteiger partial charge < -0.3 is 4.90 Å². The summed E-state index contributed by atoms with van der Waals surface area (Å²) in [6.45, 7) is 5.83. The number of aromatic nitrogens is 1. The summed E-state index contributed by atoms with van der Waals surface area (Å²) in [4.78, 5) is 6.43. The first-order chi connectivity index (χ1) is 12.2. The number of benzene rings is 1. The van der Waals surface area contributed by atoms with Crippen molar-refractivity contribution >= 4 is 43.2 Å². The van der Waals surface area contributed by atoms with E-state index in [4.69, 9.17) is 12.2 Å². The van der Waals surface area contributed by atoms with E-state index in [9.17, 15) is 0 Å². The van der Waals surface area contributed by atoms with E-state index in [1.54, 1.807) is 6.20 Å². The molecule has 0 unspecified atom stereocenters. The molecule has 25 heavy (non-hydrogen) atoms. The Morgan fingerprint density at radius 3 is 2.24 bits per heavy atom. The van der Waals surface area contributed by atoms with E-state index in [1.165, 1.54) is 0 Å². The second-order valence-electron chi connectivity index (χ2n) is 4.67. The van der Waals surface area contributed by atoms with Crippen LogP contribution in [0.3, 0.4) is 0 Å². The Kier molecular flexibility index (Phi) is 11.5. The van der Waals surface area contributed by atoms with Gasteiger partial charge in [-0.2, -0.15) is 5.10 Å². The number of hydrogen-bond acceptors (Lipinski definition) is 3. The average molecular weight is 447 g/mol. The normalized spacial score (nSPS) is 10.6. The summed E-state index contributed by atoms with van der Waals surface area (Å²) in [7, 11) is 9.34. The van der Waals surface area contributed by atoms with E-state index in [0.717, 1.165) is 43.2 Å². The molecule has 0 radical (unpaired) electrons. The van der Waals surface area contributed by atoms with Gasteiger partial charge in [0, 0.05) is 24.8 Å². The minimum absolute atomic E-state index is 0.620. The van der Waals surface area contributed by atoms with Crippen LogP contribution in [0.4, 0.5) is 0 Å². The molecular weight excluding hydrogens is 427 g/mol. The van der Waals surface area contributed by atoms with Crippen molar-refractivity contribution in [3.05, 3.63) is 66.0 Å². The molecule has 0 spiro atoms. The Hall–Kier alpha value is -1.17. The van der Waals surface area contributed by atoms with E-state index < -0.39 is 0 Å². The number of hydrazone groups is 1. The first kappa shape index (κ1) is 21.9. The van der Waals surface area contributed by atoms with Gasteiger partial charge in [0.15, 0.2) is 5.11 Å². The number of pyridine rings is 1. The molecular formula is C17H20Cl2CuN4S. The van der Waals surface area contributed by atoms with Crippen LogP contribution in [0.2, 0.25) is 0 Å². The summed E-state index contributed by atoms with van der Waals surface area (Å²) in [6, 6.07) is 15.7. The van der Waals surface area contributed by atoms with E-state index in [0.29, 0.717) is 5.11 Å². The monoisotopic (exact) mass is 445 g/mol. The molecule has 1 heterocycles. The van der Waals surface area contributed by atoms with Gasteiger partial charge >= 0.3 is 33.3 Å². The van der Waals surface area contributed by atoms with Gasteiger partial charge in [0.05, 0.1) is 5.69 Å². The molecule has 2 aromatic rings. The summed E-state index contributed by atoms with van der Waals surface area (Å²) < 4.78 is 0. The predicted octanol–water partition coefficient (Wildman–Crippen LogP) is 4.43. The number of nitrogens with zero attached hydrogens (tertiary/aromatic N) is 3. The predicted molar refractivity (Wildman–Crippen MR) is 107 cm³/mol. The van der Waals surface area contributed by atoms with Gasteiger partial charge in [-0.25, -0.2) is 0 Å². The Morgan fingerprint density at radius 1 is 1.12 bits per heavy atom. The minimum atomic E-state index is 0.620. The summed E-state index contributed by atoms with van der Waals surface area (Å²) in [5.41, 5.74) is 5.57. The fraction of sp³-hybridized carbons (Fsp3) is 0.235. The molecule has 0 aliphatic heterocycles. The zero-order valence-electron chi connectivity index (χ0n) is 13.9. The summed E-state index contributed by atoms with van der Waals surface area (Å²) >= 11 is 6.14. The molecule has 1 N–H and O–H groups in total. The van der Waals surface area contributed by atoms with Crippen molar-refractivity contribution < 1.29 is 13.1 Å². The second-order valence-corrected chi connectivity index (χ2v) is 6.62. The van der Waals surface area contributed by atoms with Crippen molar-refractivity contribution in [3.8, 4) is 0 Å². The number of nitrogens with one attached hydrogen (secondary N) is 1. The fourth-order valence-electron chi connectivity index (χ4n) is 2.05. The molecule has 1 aromatic carbocycles. The van der Waals surface area contributed by atoms with E-state index in [2.05, 4.69) is 49.6 Å². The van der Waals surface area contributed by atoms with Crippen LogP contribution in [-0.4, -0.2) is 33.8 Å². The van der Waals surface area contributed by atoms with Crippen molar-refractivity contribution in [1.29, 1.82) is 0 Å². The molecule has 0 fully saturated rings.